The Morgan fingerprint density at radius 2 is 2.20 bits per heavy atom. The van der Waals surface area contributed by atoms with Crippen molar-refractivity contribution in [3.8, 4) is 0 Å². The molecule has 1 N–H and O–H groups in total. The van der Waals surface area contributed by atoms with Crippen molar-refractivity contribution < 1.29 is 4.74 Å². The van der Waals surface area contributed by atoms with E-state index in [1.54, 1.807) is 7.11 Å². The highest BCUT2D eigenvalue weighted by molar-refractivity contribution is 5.23. The first-order chi connectivity index (χ1) is 9.81. The van der Waals surface area contributed by atoms with Gasteiger partial charge >= 0.3 is 0 Å². The number of rotatable bonds is 10. The molecule has 3 heteroatoms. The summed E-state index contributed by atoms with van der Waals surface area (Å²) >= 11 is 0. The highest BCUT2D eigenvalue weighted by Gasteiger charge is 2.19. The van der Waals surface area contributed by atoms with Crippen LogP contribution in [0, 0.1) is 0 Å². The van der Waals surface area contributed by atoms with Gasteiger partial charge in [-0.25, -0.2) is 0 Å². The van der Waals surface area contributed by atoms with Gasteiger partial charge in [-0.2, -0.15) is 0 Å². The lowest BCUT2D eigenvalue weighted by Crippen LogP contribution is -2.27. The summed E-state index contributed by atoms with van der Waals surface area (Å²) in [6.45, 7) is 8.36. The number of benzene rings is 1. The van der Waals surface area contributed by atoms with Crippen molar-refractivity contribution in [2.24, 2.45) is 0 Å². The molecule has 20 heavy (non-hydrogen) atoms. The van der Waals surface area contributed by atoms with Gasteiger partial charge in [0.15, 0.2) is 0 Å². The summed E-state index contributed by atoms with van der Waals surface area (Å²) in [6.07, 6.45) is 4.63. The predicted octanol–water partition coefficient (Wildman–Crippen LogP) is 2.57. The lowest BCUT2D eigenvalue weighted by Gasteiger charge is -2.20. The molecule has 0 radical (unpaired) electrons. The van der Waals surface area contributed by atoms with Crippen LogP contribution >= 0.6 is 0 Å². The Balaban J connectivity index is 1.88. The normalized spacial score (nSPS) is 14.7. The first-order valence-electron chi connectivity index (χ1n) is 7.45. The number of nitrogens with zero attached hydrogens (tertiary/aromatic N) is 1. The average molecular weight is 274 g/mol. The van der Waals surface area contributed by atoms with Crippen LogP contribution in [0.2, 0.25) is 0 Å². The molecule has 1 aromatic rings. The monoisotopic (exact) mass is 274 g/mol. The van der Waals surface area contributed by atoms with Crippen LogP contribution in [0.25, 0.3) is 0 Å². The number of hydrogen-bond donors (Lipinski definition) is 1. The summed E-state index contributed by atoms with van der Waals surface area (Å²) in [6, 6.07) is 9.62. The minimum atomic E-state index is 0.761. The van der Waals surface area contributed by atoms with E-state index in [9.17, 15) is 0 Å². The maximum Gasteiger partial charge on any atom is 0.0589 e. The summed E-state index contributed by atoms with van der Waals surface area (Å²) in [5.74, 6) is 0. The van der Waals surface area contributed by atoms with Crippen LogP contribution in [0.4, 0.5) is 0 Å². The topological polar surface area (TPSA) is 24.5 Å². The largest absolute Gasteiger partial charge is 0.383 e. The smallest absolute Gasteiger partial charge is 0.0589 e. The van der Waals surface area contributed by atoms with Crippen molar-refractivity contribution in [2.45, 2.75) is 32.0 Å². The lowest BCUT2D eigenvalue weighted by molar-refractivity contribution is 0.151. The third-order valence-corrected chi connectivity index (χ3v) is 3.57. The van der Waals surface area contributed by atoms with Crippen molar-refractivity contribution in [3.05, 3.63) is 48.0 Å². The average Bonchev–Trinajstić information content (AvgIpc) is 3.27. The zero-order valence-corrected chi connectivity index (χ0v) is 12.5. The van der Waals surface area contributed by atoms with E-state index >= 15 is 0 Å². The van der Waals surface area contributed by atoms with Gasteiger partial charge in [0.05, 0.1) is 6.61 Å². The van der Waals surface area contributed by atoms with Gasteiger partial charge in [-0.3, -0.25) is 4.90 Å². The van der Waals surface area contributed by atoms with Crippen molar-refractivity contribution in [3.63, 3.8) is 0 Å². The van der Waals surface area contributed by atoms with Crippen molar-refractivity contribution in [2.75, 3.05) is 26.8 Å². The molecule has 0 atom stereocenters. The zero-order valence-electron chi connectivity index (χ0n) is 12.5. The van der Waals surface area contributed by atoms with E-state index in [0.29, 0.717) is 0 Å². The van der Waals surface area contributed by atoms with Crippen LogP contribution < -0.4 is 5.32 Å². The van der Waals surface area contributed by atoms with E-state index < -0.39 is 0 Å². The molecule has 0 bridgehead atoms. The number of nitrogens with one attached hydrogen (secondary N) is 1. The molecule has 110 valence electrons. The van der Waals surface area contributed by atoms with E-state index in [2.05, 4.69) is 41.1 Å². The van der Waals surface area contributed by atoms with Gasteiger partial charge in [0.1, 0.15) is 0 Å². The van der Waals surface area contributed by atoms with E-state index in [4.69, 9.17) is 4.74 Å². The molecule has 0 saturated heterocycles. The van der Waals surface area contributed by atoms with Gasteiger partial charge in [0.25, 0.3) is 0 Å². The summed E-state index contributed by atoms with van der Waals surface area (Å²) < 4.78 is 5.17. The fraction of sp³-hybridized carbons (Fsp3) is 0.529. The Morgan fingerprint density at radius 1 is 1.40 bits per heavy atom. The van der Waals surface area contributed by atoms with Crippen LogP contribution in [-0.2, 0) is 17.8 Å². The summed E-state index contributed by atoms with van der Waals surface area (Å²) in [7, 11) is 1.75. The summed E-state index contributed by atoms with van der Waals surface area (Å²) in [5.41, 5.74) is 2.73. The van der Waals surface area contributed by atoms with E-state index in [1.807, 2.05) is 6.08 Å². The molecule has 0 amide bonds. The second-order valence-corrected chi connectivity index (χ2v) is 5.49. The highest BCUT2D eigenvalue weighted by Crippen LogP contribution is 2.19. The van der Waals surface area contributed by atoms with Crippen LogP contribution in [0.3, 0.4) is 0 Å². The van der Waals surface area contributed by atoms with E-state index in [1.165, 1.54) is 24.0 Å². The number of methoxy groups -OCH3 is 1. The third kappa shape index (κ3) is 5.45. The summed E-state index contributed by atoms with van der Waals surface area (Å²) in [4.78, 5) is 2.35. The van der Waals surface area contributed by atoms with Crippen LogP contribution in [0.5, 0.6) is 0 Å². The van der Waals surface area contributed by atoms with Crippen molar-refractivity contribution >= 4 is 0 Å². The summed E-state index contributed by atoms with van der Waals surface area (Å²) in [5, 5.41) is 3.56. The Morgan fingerprint density at radius 3 is 2.90 bits per heavy atom. The Labute approximate surface area is 122 Å². The van der Waals surface area contributed by atoms with Crippen molar-refractivity contribution in [1.82, 2.24) is 10.2 Å². The molecule has 2 rings (SSSR count). The molecule has 1 saturated carbocycles. The van der Waals surface area contributed by atoms with Gasteiger partial charge in [-0.15, -0.1) is 6.58 Å². The highest BCUT2D eigenvalue weighted by atomic mass is 16.5. The molecule has 0 aromatic heterocycles. The van der Waals surface area contributed by atoms with Gasteiger partial charge in [0.2, 0.25) is 0 Å². The minimum absolute atomic E-state index is 0.761. The second kappa shape index (κ2) is 8.20. The molecule has 0 spiro atoms. The Hall–Kier alpha value is -1.16. The van der Waals surface area contributed by atoms with Gasteiger partial charge in [0, 0.05) is 39.3 Å². The SMILES string of the molecule is C=CCN(CCOC)Cc1cccc(CNC2CC2)c1. The first-order valence-corrected chi connectivity index (χ1v) is 7.45. The fourth-order valence-electron chi connectivity index (χ4n) is 2.28. The van der Waals surface area contributed by atoms with Crippen molar-refractivity contribution in [1.29, 1.82) is 0 Å². The van der Waals surface area contributed by atoms with Crippen LogP contribution in [-0.4, -0.2) is 37.7 Å². The second-order valence-electron chi connectivity index (χ2n) is 5.49. The molecule has 1 fully saturated rings. The zero-order chi connectivity index (χ0) is 14.2. The Bertz CT molecular complexity index is 415. The number of hydrogen-bond acceptors (Lipinski definition) is 3. The molecular weight excluding hydrogens is 248 g/mol. The molecule has 1 aliphatic carbocycles. The molecule has 1 aliphatic rings. The molecule has 3 nitrogen and oxygen atoms in total. The van der Waals surface area contributed by atoms with E-state index in [-0.39, 0.29) is 0 Å². The first kappa shape index (κ1) is 15.2. The van der Waals surface area contributed by atoms with E-state index in [0.717, 1.165) is 38.8 Å². The standard InChI is InChI=1S/C17H26N2O/c1-3-9-19(10-11-20-2)14-16-6-4-5-15(12-16)13-18-17-7-8-17/h3-6,12,17-18H,1,7-11,13-14H2,2H3. The quantitative estimate of drug-likeness (QED) is 0.664. The maximum atomic E-state index is 5.17. The minimum Gasteiger partial charge on any atom is -0.383 e. The molecule has 0 aliphatic heterocycles. The number of ether oxygens (including phenoxy) is 1. The Kier molecular flexibility index (Phi) is 6.25. The van der Waals surface area contributed by atoms with Gasteiger partial charge in [-0.05, 0) is 24.0 Å². The maximum absolute atomic E-state index is 5.17. The fourth-order valence-corrected chi connectivity index (χ4v) is 2.28. The van der Waals surface area contributed by atoms with Gasteiger partial charge in [-0.1, -0.05) is 30.3 Å². The van der Waals surface area contributed by atoms with Crippen LogP contribution in [0.1, 0.15) is 24.0 Å². The van der Waals surface area contributed by atoms with Gasteiger partial charge < -0.3 is 10.1 Å². The molecule has 0 unspecified atom stereocenters. The predicted molar refractivity (Wildman–Crippen MR) is 83.7 cm³/mol. The lowest BCUT2D eigenvalue weighted by atomic mass is 10.1. The molecule has 1 aromatic carbocycles. The molecular formula is C17H26N2O. The van der Waals surface area contributed by atoms with Crippen LogP contribution in [0.15, 0.2) is 36.9 Å². The molecule has 0 heterocycles. The third-order valence-electron chi connectivity index (χ3n) is 3.57.